The summed E-state index contributed by atoms with van der Waals surface area (Å²) < 4.78 is 16.5. The van der Waals surface area contributed by atoms with Crippen LogP contribution in [0.15, 0.2) is 170 Å². The molecule has 0 rings (SSSR count). The van der Waals surface area contributed by atoms with E-state index in [-0.39, 0.29) is 38.4 Å². The van der Waals surface area contributed by atoms with Crippen molar-refractivity contribution in [2.75, 3.05) is 13.2 Å². The van der Waals surface area contributed by atoms with Gasteiger partial charge < -0.3 is 14.2 Å². The average Bonchev–Trinajstić information content (AvgIpc) is 3.24. The van der Waals surface area contributed by atoms with Crippen LogP contribution in [0, 0.1) is 0 Å². The highest BCUT2D eigenvalue weighted by Gasteiger charge is 2.19. The number of esters is 3. The van der Waals surface area contributed by atoms with Gasteiger partial charge in [0, 0.05) is 19.3 Å². The Hall–Kier alpha value is -5.23. The minimum absolute atomic E-state index is 0.160. The Bertz CT molecular complexity index is 1500. The number of hydrogen-bond donors (Lipinski definition) is 0. The quantitative estimate of drug-likeness (QED) is 0.0206. The number of ether oxygens (including phenoxy) is 3. The Morgan fingerprint density at radius 2 is 0.733 bits per heavy atom. The maximum atomic E-state index is 12.7. The largest absolute Gasteiger partial charge is 0.462 e. The molecule has 0 spiro atoms. The van der Waals surface area contributed by atoms with E-state index in [0.29, 0.717) is 25.7 Å². The molecule has 6 heteroatoms. The second-order valence-electron chi connectivity index (χ2n) is 13.7. The molecule has 328 valence electrons. The van der Waals surface area contributed by atoms with Crippen molar-refractivity contribution < 1.29 is 28.6 Å². The molecule has 0 aromatic rings. The summed E-state index contributed by atoms with van der Waals surface area (Å²) >= 11 is 0. The molecule has 60 heavy (non-hydrogen) atoms. The monoisotopic (exact) mass is 821 g/mol. The Labute approximate surface area is 364 Å². The third-order valence-electron chi connectivity index (χ3n) is 8.18. The lowest BCUT2D eigenvalue weighted by Crippen LogP contribution is -2.30. The molecule has 0 aliphatic heterocycles. The average molecular weight is 821 g/mol. The molecule has 0 aliphatic carbocycles. The van der Waals surface area contributed by atoms with Crippen LogP contribution in [0.3, 0.4) is 0 Å². The van der Waals surface area contributed by atoms with Gasteiger partial charge in [0.1, 0.15) is 13.2 Å². The Kier molecular flexibility index (Phi) is 42.4. The van der Waals surface area contributed by atoms with Crippen molar-refractivity contribution in [2.45, 2.75) is 136 Å². The van der Waals surface area contributed by atoms with Crippen molar-refractivity contribution in [1.29, 1.82) is 0 Å². The molecule has 0 amide bonds. The fourth-order valence-electron chi connectivity index (χ4n) is 4.94. The summed E-state index contributed by atoms with van der Waals surface area (Å²) in [7, 11) is 0. The zero-order chi connectivity index (χ0) is 43.7. The molecule has 0 fully saturated rings. The highest BCUT2D eigenvalue weighted by molar-refractivity contribution is 5.71. The first-order valence-electron chi connectivity index (χ1n) is 22.3. The molecule has 0 aliphatic rings. The summed E-state index contributed by atoms with van der Waals surface area (Å²) in [6.45, 7) is 6.01. The van der Waals surface area contributed by atoms with Crippen molar-refractivity contribution in [3.05, 3.63) is 170 Å². The van der Waals surface area contributed by atoms with Crippen LogP contribution < -0.4 is 0 Å². The molecular formula is C54H76O6. The zero-order valence-corrected chi connectivity index (χ0v) is 37.1. The normalized spacial score (nSPS) is 13.7. The molecule has 0 N–H and O–H groups in total. The Morgan fingerprint density at radius 3 is 1.22 bits per heavy atom. The van der Waals surface area contributed by atoms with Crippen molar-refractivity contribution in [2.24, 2.45) is 0 Å². The predicted octanol–water partition coefficient (Wildman–Crippen LogP) is 14.5. The summed E-state index contributed by atoms with van der Waals surface area (Å²) in [4.78, 5) is 37.7. The summed E-state index contributed by atoms with van der Waals surface area (Å²) in [6.07, 6.45) is 69.3. The minimum atomic E-state index is -0.869. The van der Waals surface area contributed by atoms with Crippen LogP contribution >= 0.6 is 0 Å². The molecule has 0 radical (unpaired) electrons. The lowest BCUT2D eigenvalue weighted by atomic mass is 10.1. The number of allylic oxidation sites excluding steroid dienone is 28. The number of carbonyl (C=O) groups is 3. The van der Waals surface area contributed by atoms with Gasteiger partial charge in [-0.2, -0.15) is 0 Å². The molecule has 1 unspecified atom stereocenters. The van der Waals surface area contributed by atoms with Gasteiger partial charge in [-0.1, -0.05) is 197 Å². The third-order valence-corrected chi connectivity index (χ3v) is 8.18. The van der Waals surface area contributed by atoms with E-state index in [9.17, 15) is 14.4 Å². The smallest absolute Gasteiger partial charge is 0.306 e. The zero-order valence-electron chi connectivity index (χ0n) is 37.1. The van der Waals surface area contributed by atoms with Crippen molar-refractivity contribution >= 4 is 17.9 Å². The van der Waals surface area contributed by atoms with E-state index < -0.39 is 18.0 Å². The summed E-state index contributed by atoms with van der Waals surface area (Å²) in [5.74, 6) is -1.18. The number of hydrogen-bond acceptors (Lipinski definition) is 6. The van der Waals surface area contributed by atoms with Crippen LogP contribution in [-0.4, -0.2) is 37.2 Å². The second kappa shape index (κ2) is 46.5. The molecular weight excluding hydrogens is 745 g/mol. The van der Waals surface area contributed by atoms with E-state index in [1.807, 2.05) is 103 Å². The fraction of sp³-hybridized carbons (Fsp3) is 0.426. The third kappa shape index (κ3) is 43.9. The number of unbranched alkanes of at least 4 members (excludes halogenated alkanes) is 4. The first-order chi connectivity index (χ1) is 29.5. The predicted molar refractivity (Wildman–Crippen MR) is 255 cm³/mol. The van der Waals surface area contributed by atoms with Crippen LogP contribution in [0.2, 0.25) is 0 Å². The Morgan fingerprint density at radius 1 is 0.350 bits per heavy atom. The highest BCUT2D eigenvalue weighted by Crippen LogP contribution is 2.09. The lowest BCUT2D eigenvalue weighted by Gasteiger charge is -2.18. The number of rotatable bonds is 36. The van der Waals surface area contributed by atoms with Crippen molar-refractivity contribution in [3.63, 3.8) is 0 Å². The standard InChI is InChI=1S/C54H76O6/c1-4-7-10-13-16-19-22-25-26-27-30-32-35-38-41-44-47-53(56)59-50-51(60-54(57)48-45-42-39-36-33-29-24-21-18-15-12-9-6-3)49-58-52(55)46-43-40-37-34-31-28-23-20-17-14-11-8-5-2/h7-12,14-21,23-26,28-33,36,38-39,41,51H,4-6,13,22,27,34-35,37,40,42-50H2,1-3H3/b10-7+,11-8+,12-9+,17-14+,18-15+,19-16+,23-20+,24-21+,26-25+,31-28+,32-30+,33-29+,39-36+,41-38+. The molecule has 0 saturated heterocycles. The Balaban J connectivity index is 4.73. The first-order valence-corrected chi connectivity index (χ1v) is 22.3. The SMILES string of the molecule is CC/C=C/C=C/C=C/C=C/C=C/CCCC(=O)OC(COC(=O)CC/C=C/C/C=C/C/C=C/C/C=C/C/C=C/CC)COC(=O)CCCCC/C=C/C=C/C=C/C=C/CC. The van der Waals surface area contributed by atoms with Gasteiger partial charge in [-0.25, -0.2) is 0 Å². The maximum Gasteiger partial charge on any atom is 0.306 e. The van der Waals surface area contributed by atoms with Gasteiger partial charge in [0.15, 0.2) is 6.10 Å². The molecule has 0 heterocycles. The van der Waals surface area contributed by atoms with Crippen LogP contribution in [0.5, 0.6) is 0 Å². The van der Waals surface area contributed by atoms with E-state index in [0.717, 1.165) is 64.2 Å². The molecule has 0 bridgehead atoms. The van der Waals surface area contributed by atoms with E-state index in [1.165, 1.54) is 0 Å². The summed E-state index contributed by atoms with van der Waals surface area (Å²) in [5.41, 5.74) is 0. The second-order valence-corrected chi connectivity index (χ2v) is 13.7. The van der Waals surface area contributed by atoms with E-state index in [2.05, 4.69) is 87.6 Å². The molecule has 0 saturated carbocycles. The summed E-state index contributed by atoms with van der Waals surface area (Å²) in [6, 6.07) is 0. The number of carbonyl (C=O) groups excluding carboxylic acids is 3. The minimum Gasteiger partial charge on any atom is -0.462 e. The van der Waals surface area contributed by atoms with E-state index >= 15 is 0 Å². The van der Waals surface area contributed by atoms with Crippen LogP contribution in [-0.2, 0) is 28.6 Å². The van der Waals surface area contributed by atoms with Gasteiger partial charge in [0.2, 0.25) is 0 Å². The van der Waals surface area contributed by atoms with Gasteiger partial charge >= 0.3 is 17.9 Å². The van der Waals surface area contributed by atoms with Crippen molar-refractivity contribution in [3.8, 4) is 0 Å². The molecule has 6 nitrogen and oxygen atoms in total. The summed E-state index contributed by atoms with van der Waals surface area (Å²) in [5, 5.41) is 0. The molecule has 0 aromatic heterocycles. The van der Waals surface area contributed by atoms with Crippen molar-refractivity contribution in [1.82, 2.24) is 0 Å². The van der Waals surface area contributed by atoms with Gasteiger partial charge in [0.25, 0.3) is 0 Å². The topological polar surface area (TPSA) is 78.9 Å². The van der Waals surface area contributed by atoms with E-state index in [4.69, 9.17) is 14.2 Å². The van der Waals surface area contributed by atoms with Gasteiger partial charge in [-0.3, -0.25) is 14.4 Å². The van der Waals surface area contributed by atoms with Crippen LogP contribution in [0.1, 0.15) is 130 Å². The maximum absolute atomic E-state index is 12.7. The highest BCUT2D eigenvalue weighted by atomic mass is 16.6. The van der Waals surface area contributed by atoms with Crippen LogP contribution in [0.4, 0.5) is 0 Å². The van der Waals surface area contributed by atoms with Crippen LogP contribution in [0.25, 0.3) is 0 Å². The van der Waals surface area contributed by atoms with E-state index in [1.54, 1.807) is 0 Å². The first kappa shape index (κ1) is 54.8. The molecule has 0 aromatic carbocycles. The van der Waals surface area contributed by atoms with Gasteiger partial charge in [-0.05, 0) is 83.5 Å². The lowest BCUT2D eigenvalue weighted by molar-refractivity contribution is -0.166. The molecule has 1 atom stereocenters. The van der Waals surface area contributed by atoms with Gasteiger partial charge in [0.05, 0.1) is 0 Å². The fourth-order valence-corrected chi connectivity index (χ4v) is 4.94. The van der Waals surface area contributed by atoms with Gasteiger partial charge in [-0.15, -0.1) is 0 Å².